The van der Waals surface area contributed by atoms with Crippen LogP contribution in [0.1, 0.15) is 40.9 Å². The normalized spacial score (nSPS) is 12.0. The van der Waals surface area contributed by atoms with E-state index >= 15 is 0 Å². The number of carbonyl (C=O) groups excluding carboxylic acids is 1. The minimum atomic E-state index is -0.855. The van der Waals surface area contributed by atoms with E-state index in [9.17, 15) is 13.6 Å². The summed E-state index contributed by atoms with van der Waals surface area (Å²) in [6.45, 7) is 3.92. The minimum absolute atomic E-state index is 0.151. The summed E-state index contributed by atoms with van der Waals surface area (Å²) in [7, 11) is 0. The highest BCUT2D eigenvalue weighted by molar-refractivity contribution is 5.94. The molecule has 0 saturated carbocycles. The van der Waals surface area contributed by atoms with Crippen molar-refractivity contribution < 1.29 is 13.6 Å². The van der Waals surface area contributed by atoms with Gasteiger partial charge in [-0.05, 0) is 31.0 Å². The quantitative estimate of drug-likeness (QED) is 0.900. The number of rotatable bonds is 4. The first-order valence-electron chi connectivity index (χ1n) is 6.83. The van der Waals surface area contributed by atoms with Crippen LogP contribution in [0.5, 0.6) is 0 Å². The zero-order valence-electron chi connectivity index (χ0n) is 12.0. The molecule has 2 aromatic rings. The Bertz CT molecular complexity index is 638. The second-order valence-corrected chi connectivity index (χ2v) is 4.97. The molecule has 0 saturated heterocycles. The maximum atomic E-state index is 13.6. The third kappa shape index (κ3) is 3.66. The van der Waals surface area contributed by atoms with Crippen LogP contribution in [0.4, 0.5) is 8.78 Å². The first-order chi connectivity index (χ1) is 10.0. The van der Waals surface area contributed by atoms with Crippen LogP contribution in [0, 0.1) is 18.6 Å². The summed E-state index contributed by atoms with van der Waals surface area (Å²) in [5.41, 5.74) is 1.94. The van der Waals surface area contributed by atoms with Gasteiger partial charge < -0.3 is 5.32 Å². The predicted octanol–water partition coefficient (Wildman–Crippen LogP) is 4.15. The minimum Gasteiger partial charge on any atom is -0.345 e. The number of carbonyl (C=O) groups is 1. The van der Waals surface area contributed by atoms with Gasteiger partial charge in [0.2, 0.25) is 0 Å². The maximum absolute atomic E-state index is 13.6. The van der Waals surface area contributed by atoms with E-state index in [-0.39, 0.29) is 11.6 Å². The van der Waals surface area contributed by atoms with E-state index in [1.807, 2.05) is 38.1 Å². The Morgan fingerprint density at radius 2 is 1.81 bits per heavy atom. The van der Waals surface area contributed by atoms with Crippen LogP contribution in [0.25, 0.3) is 0 Å². The number of aryl methyl sites for hydroxylation is 1. The van der Waals surface area contributed by atoms with E-state index in [1.165, 1.54) is 0 Å². The maximum Gasteiger partial charge on any atom is 0.254 e. The molecular weight excluding hydrogens is 272 g/mol. The predicted molar refractivity (Wildman–Crippen MR) is 78.0 cm³/mol. The molecule has 2 rings (SSSR count). The smallest absolute Gasteiger partial charge is 0.254 e. The van der Waals surface area contributed by atoms with Crippen LogP contribution in [0.3, 0.4) is 0 Å². The molecule has 0 unspecified atom stereocenters. The fraction of sp³-hybridized carbons (Fsp3) is 0.235. The van der Waals surface area contributed by atoms with Crippen molar-refractivity contribution >= 4 is 5.91 Å². The molecular formula is C17H17F2NO. The molecule has 0 fully saturated rings. The third-order valence-corrected chi connectivity index (χ3v) is 3.37. The molecule has 0 aliphatic heterocycles. The number of nitrogens with one attached hydrogen (secondary N) is 1. The first-order valence-corrected chi connectivity index (χ1v) is 6.83. The summed E-state index contributed by atoms with van der Waals surface area (Å²) in [5, 5.41) is 2.78. The monoisotopic (exact) mass is 289 g/mol. The largest absolute Gasteiger partial charge is 0.345 e. The van der Waals surface area contributed by atoms with Gasteiger partial charge in [-0.15, -0.1) is 0 Å². The van der Waals surface area contributed by atoms with Crippen molar-refractivity contribution in [3.8, 4) is 0 Å². The van der Waals surface area contributed by atoms with Gasteiger partial charge in [-0.2, -0.15) is 0 Å². The lowest BCUT2D eigenvalue weighted by molar-refractivity contribution is 0.0931. The number of benzene rings is 2. The van der Waals surface area contributed by atoms with Gasteiger partial charge in [0, 0.05) is 6.07 Å². The van der Waals surface area contributed by atoms with Gasteiger partial charge in [-0.25, -0.2) is 8.78 Å². The molecule has 0 radical (unpaired) electrons. The lowest BCUT2D eigenvalue weighted by Gasteiger charge is -2.18. The fourth-order valence-corrected chi connectivity index (χ4v) is 2.13. The van der Waals surface area contributed by atoms with Crippen molar-refractivity contribution in [2.45, 2.75) is 26.3 Å². The third-order valence-electron chi connectivity index (χ3n) is 3.37. The summed E-state index contributed by atoms with van der Waals surface area (Å²) < 4.78 is 26.5. The molecule has 1 N–H and O–H groups in total. The molecule has 0 bridgehead atoms. The average Bonchev–Trinajstić information content (AvgIpc) is 2.45. The Labute approximate surface area is 122 Å². The van der Waals surface area contributed by atoms with Crippen LogP contribution in [0.15, 0.2) is 42.5 Å². The van der Waals surface area contributed by atoms with E-state index in [0.717, 1.165) is 23.3 Å². The highest BCUT2D eigenvalue weighted by Crippen LogP contribution is 2.18. The molecule has 2 nitrogen and oxygen atoms in total. The number of halogens is 2. The van der Waals surface area contributed by atoms with E-state index in [1.54, 1.807) is 0 Å². The molecule has 0 aliphatic carbocycles. The number of hydrogen-bond acceptors (Lipinski definition) is 1. The van der Waals surface area contributed by atoms with E-state index in [2.05, 4.69) is 5.32 Å². The standard InChI is InChI=1S/C17H17F2NO/c1-3-16(12-6-4-11(2)5-7-12)20-17(21)14-9-8-13(18)10-15(14)19/h4-10,16H,3H2,1-2H3,(H,20,21)/t16-/m1/s1. The zero-order chi connectivity index (χ0) is 15.4. The number of hydrogen-bond donors (Lipinski definition) is 1. The van der Waals surface area contributed by atoms with E-state index in [0.29, 0.717) is 12.5 Å². The van der Waals surface area contributed by atoms with Gasteiger partial charge in [0.25, 0.3) is 5.91 Å². The van der Waals surface area contributed by atoms with Crippen LogP contribution in [-0.2, 0) is 0 Å². The molecule has 2 aromatic carbocycles. The van der Waals surface area contributed by atoms with Gasteiger partial charge in [-0.3, -0.25) is 4.79 Å². The van der Waals surface area contributed by atoms with Crippen molar-refractivity contribution in [1.29, 1.82) is 0 Å². The summed E-state index contributed by atoms with van der Waals surface area (Å²) in [4.78, 5) is 12.1. The lowest BCUT2D eigenvalue weighted by Crippen LogP contribution is -2.28. The Morgan fingerprint density at radius 3 is 2.38 bits per heavy atom. The van der Waals surface area contributed by atoms with Crippen LogP contribution < -0.4 is 5.32 Å². The molecule has 1 amide bonds. The second kappa shape index (κ2) is 6.48. The summed E-state index contributed by atoms with van der Waals surface area (Å²) in [6, 6.07) is 10.5. The van der Waals surface area contributed by atoms with Crippen molar-refractivity contribution in [2.75, 3.05) is 0 Å². The lowest BCUT2D eigenvalue weighted by atomic mass is 10.0. The number of amides is 1. The van der Waals surface area contributed by atoms with E-state index in [4.69, 9.17) is 0 Å². The molecule has 110 valence electrons. The molecule has 0 heterocycles. The van der Waals surface area contributed by atoms with E-state index < -0.39 is 17.5 Å². The van der Waals surface area contributed by atoms with Crippen molar-refractivity contribution in [1.82, 2.24) is 5.32 Å². The fourth-order valence-electron chi connectivity index (χ4n) is 2.13. The zero-order valence-corrected chi connectivity index (χ0v) is 12.0. The van der Waals surface area contributed by atoms with Crippen LogP contribution in [-0.4, -0.2) is 5.91 Å². The van der Waals surface area contributed by atoms with Crippen molar-refractivity contribution in [3.05, 3.63) is 70.8 Å². The Kier molecular flexibility index (Phi) is 4.68. The van der Waals surface area contributed by atoms with Gasteiger partial charge in [-0.1, -0.05) is 36.8 Å². The van der Waals surface area contributed by atoms with Crippen LogP contribution >= 0.6 is 0 Å². The summed E-state index contributed by atoms with van der Waals surface area (Å²) in [5.74, 6) is -2.10. The first kappa shape index (κ1) is 15.2. The van der Waals surface area contributed by atoms with Gasteiger partial charge in [0.1, 0.15) is 11.6 Å². The highest BCUT2D eigenvalue weighted by Gasteiger charge is 2.17. The van der Waals surface area contributed by atoms with Crippen molar-refractivity contribution in [3.63, 3.8) is 0 Å². The van der Waals surface area contributed by atoms with Crippen molar-refractivity contribution in [2.24, 2.45) is 0 Å². The average molecular weight is 289 g/mol. The molecule has 0 spiro atoms. The SMILES string of the molecule is CC[C@@H](NC(=O)c1ccc(F)cc1F)c1ccc(C)cc1. The highest BCUT2D eigenvalue weighted by atomic mass is 19.1. The van der Waals surface area contributed by atoms with Gasteiger partial charge >= 0.3 is 0 Å². The molecule has 4 heteroatoms. The molecule has 0 aliphatic rings. The Morgan fingerprint density at radius 1 is 1.14 bits per heavy atom. The second-order valence-electron chi connectivity index (χ2n) is 4.97. The van der Waals surface area contributed by atoms with Crippen LogP contribution in [0.2, 0.25) is 0 Å². The summed E-state index contributed by atoms with van der Waals surface area (Å²) >= 11 is 0. The Hall–Kier alpha value is -2.23. The van der Waals surface area contributed by atoms with Gasteiger partial charge in [0.05, 0.1) is 11.6 Å². The molecule has 0 aromatic heterocycles. The Balaban J connectivity index is 2.18. The molecule has 1 atom stereocenters. The molecule has 21 heavy (non-hydrogen) atoms. The van der Waals surface area contributed by atoms with Gasteiger partial charge in [0.15, 0.2) is 0 Å². The summed E-state index contributed by atoms with van der Waals surface area (Å²) in [6.07, 6.45) is 0.678. The topological polar surface area (TPSA) is 29.1 Å².